The fourth-order valence-corrected chi connectivity index (χ4v) is 1.12. The summed E-state index contributed by atoms with van der Waals surface area (Å²) in [6, 6.07) is 7.94. The number of carbonyl (C=O) groups excluding carboxylic acids is 5. The molecule has 0 unspecified atom stereocenters. The van der Waals surface area contributed by atoms with Gasteiger partial charge in [0.05, 0.1) is 0 Å². The van der Waals surface area contributed by atoms with Crippen molar-refractivity contribution in [3.63, 3.8) is 0 Å². The second-order valence-electron chi connectivity index (χ2n) is 2.81. The Labute approximate surface area is 122 Å². The normalized spacial score (nSPS) is 9.64. The highest BCUT2D eigenvalue weighted by Crippen LogP contribution is 2.27. The topological polar surface area (TPSA) is 170 Å². The molecule has 0 aliphatic rings. The number of rotatable bonds is 4. The van der Waals surface area contributed by atoms with Gasteiger partial charge < -0.3 is 0 Å². The van der Waals surface area contributed by atoms with E-state index in [0.717, 1.165) is 12.2 Å². The fraction of sp³-hybridized carbons (Fsp3) is 0.0833. The van der Waals surface area contributed by atoms with Gasteiger partial charge in [-0.2, -0.15) is 0 Å². The van der Waals surface area contributed by atoms with E-state index in [9.17, 15) is 14.4 Å². The minimum Gasteiger partial charge on any atom is -0.222 e. The van der Waals surface area contributed by atoms with Crippen LogP contribution in [0.2, 0.25) is 0 Å². The maximum Gasteiger partial charge on any atom is 0.303 e. The van der Waals surface area contributed by atoms with Crippen molar-refractivity contribution in [3.05, 3.63) is 35.9 Å². The highest BCUT2D eigenvalue weighted by Gasteiger charge is 2.31. The Hall–Kier alpha value is -3.88. The van der Waals surface area contributed by atoms with E-state index < -0.39 is 5.79 Å². The van der Waals surface area contributed by atoms with Crippen LogP contribution in [0.5, 0.6) is 0 Å². The molecule has 10 heteroatoms. The monoisotopic (exact) mass is 301 g/mol. The molecule has 0 aromatic heterocycles. The molecule has 2 N–H and O–H groups in total. The van der Waals surface area contributed by atoms with E-state index >= 15 is 0 Å². The van der Waals surface area contributed by atoms with Gasteiger partial charge in [0.2, 0.25) is 30.4 Å². The molecule has 22 heavy (non-hydrogen) atoms. The Bertz CT molecular complexity index is 614. The van der Waals surface area contributed by atoms with Crippen LogP contribution in [-0.4, -0.2) is 30.4 Å². The summed E-state index contributed by atoms with van der Waals surface area (Å²) in [5.41, 5.74) is 0.269. The highest BCUT2D eigenvalue weighted by molar-refractivity contribution is 5.45. The quantitative estimate of drug-likeness (QED) is 0.611. The third-order valence-corrected chi connectivity index (χ3v) is 1.77. The summed E-state index contributed by atoms with van der Waals surface area (Å²) in [4.78, 5) is 57.2. The average molecular weight is 301 g/mol. The van der Waals surface area contributed by atoms with Gasteiger partial charge in [0.15, 0.2) is 0 Å². The van der Waals surface area contributed by atoms with E-state index in [1.807, 2.05) is 0 Å². The summed E-state index contributed by atoms with van der Waals surface area (Å²) in [6.45, 7) is 0. The lowest BCUT2D eigenvalue weighted by molar-refractivity contribution is 0.466. The number of isocyanates is 5. The van der Waals surface area contributed by atoms with E-state index in [1.165, 1.54) is 30.4 Å². The second-order valence-corrected chi connectivity index (χ2v) is 2.81. The molecule has 1 rings (SSSR count). The molecular formula is C12H7N5O5. The lowest BCUT2D eigenvalue weighted by Gasteiger charge is -2.14. The van der Waals surface area contributed by atoms with E-state index in [2.05, 4.69) is 15.0 Å². The predicted octanol–water partition coefficient (Wildman–Crippen LogP) is 0.606. The van der Waals surface area contributed by atoms with E-state index in [0.29, 0.717) is 0 Å². The van der Waals surface area contributed by atoms with Gasteiger partial charge in [-0.1, -0.05) is 30.3 Å². The van der Waals surface area contributed by atoms with E-state index in [4.69, 9.17) is 20.4 Å². The van der Waals surface area contributed by atoms with Gasteiger partial charge in [0.1, 0.15) is 0 Å². The first-order valence-electron chi connectivity index (χ1n) is 5.02. The molecule has 0 heterocycles. The average Bonchev–Trinajstić information content (AvgIpc) is 2.50. The number of hydrogen-bond donors (Lipinski definition) is 2. The highest BCUT2D eigenvalue weighted by atomic mass is 16.1. The van der Waals surface area contributed by atoms with Crippen molar-refractivity contribution in [2.75, 3.05) is 0 Å². The molecule has 10 nitrogen and oxygen atoms in total. The zero-order chi connectivity index (χ0) is 17.3. The van der Waals surface area contributed by atoms with Crippen LogP contribution in [0, 0.1) is 10.8 Å². The molecule has 0 fully saturated rings. The molecule has 0 spiro atoms. The zero-order valence-electron chi connectivity index (χ0n) is 10.8. The Morgan fingerprint density at radius 1 is 0.727 bits per heavy atom. The SMILES string of the molecule is N=C=O.N=C=O.O=C=NC(N=C=O)(N=C=O)c1ccccc1. The Morgan fingerprint density at radius 2 is 1.05 bits per heavy atom. The second kappa shape index (κ2) is 13.5. The van der Waals surface area contributed by atoms with Crippen LogP contribution in [0.15, 0.2) is 45.3 Å². The van der Waals surface area contributed by atoms with Gasteiger partial charge in [0.25, 0.3) is 0 Å². The van der Waals surface area contributed by atoms with Crippen LogP contribution >= 0.6 is 0 Å². The predicted molar refractivity (Wildman–Crippen MR) is 69.3 cm³/mol. The minimum atomic E-state index is -1.95. The number of benzene rings is 1. The van der Waals surface area contributed by atoms with Crippen molar-refractivity contribution in [1.82, 2.24) is 0 Å². The first kappa shape index (κ1) is 20.4. The largest absolute Gasteiger partial charge is 0.303 e. The zero-order valence-corrected chi connectivity index (χ0v) is 10.8. The molecule has 0 aliphatic carbocycles. The van der Waals surface area contributed by atoms with Gasteiger partial charge >= 0.3 is 5.79 Å². The Kier molecular flexibility index (Phi) is 12.6. The standard InChI is InChI=1S/C10H5N3O3.2CHNO/c14-6-11-10(12-7-15,13-8-16)9-4-2-1-3-5-9;2*2-1-3/h1-5H;2*2H. The number of hydrogen-bond acceptors (Lipinski definition) is 10. The van der Waals surface area contributed by atoms with Crippen LogP contribution < -0.4 is 0 Å². The molecule has 0 saturated carbocycles. The molecule has 1 aromatic carbocycles. The van der Waals surface area contributed by atoms with Crippen LogP contribution in [0.3, 0.4) is 0 Å². The Morgan fingerprint density at radius 3 is 1.32 bits per heavy atom. The first-order valence-corrected chi connectivity index (χ1v) is 5.02. The summed E-state index contributed by atoms with van der Waals surface area (Å²) in [5, 5.41) is 10.8. The summed E-state index contributed by atoms with van der Waals surface area (Å²) >= 11 is 0. The molecule has 0 radical (unpaired) electrons. The summed E-state index contributed by atoms with van der Waals surface area (Å²) in [6.07, 6.45) is 5.12. The van der Waals surface area contributed by atoms with Gasteiger partial charge in [-0.3, -0.25) is 0 Å². The Balaban J connectivity index is 0. The number of aliphatic imine (C=N–C) groups is 3. The lowest BCUT2D eigenvalue weighted by Crippen LogP contribution is -2.17. The van der Waals surface area contributed by atoms with E-state index in [1.54, 1.807) is 18.2 Å². The minimum absolute atomic E-state index is 0.269. The maximum absolute atomic E-state index is 10.3. The van der Waals surface area contributed by atoms with Crippen LogP contribution in [-0.2, 0) is 29.8 Å². The van der Waals surface area contributed by atoms with Gasteiger partial charge in [-0.05, 0) is 0 Å². The summed E-state index contributed by atoms with van der Waals surface area (Å²) < 4.78 is 0. The summed E-state index contributed by atoms with van der Waals surface area (Å²) in [5.74, 6) is -1.95. The van der Waals surface area contributed by atoms with Crippen LogP contribution in [0.25, 0.3) is 0 Å². The van der Waals surface area contributed by atoms with Crippen molar-refractivity contribution in [1.29, 1.82) is 10.8 Å². The molecular weight excluding hydrogens is 294 g/mol. The molecule has 0 amide bonds. The van der Waals surface area contributed by atoms with Crippen molar-refractivity contribution in [2.45, 2.75) is 5.79 Å². The number of nitrogens with one attached hydrogen (secondary N) is 2. The smallest absolute Gasteiger partial charge is 0.222 e. The lowest BCUT2D eigenvalue weighted by atomic mass is 10.1. The first-order chi connectivity index (χ1) is 10.6. The van der Waals surface area contributed by atoms with Crippen LogP contribution in [0.4, 0.5) is 0 Å². The van der Waals surface area contributed by atoms with Crippen molar-refractivity contribution >= 4 is 30.4 Å². The molecule has 0 saturated heterocycles. The molecule has 0 bridgehead atoms. The number of nitrogens with zero attached hydrogens (tertiary/aromatic N) is 3. The summed E-state index contributed by atoms with van der Waals surface area (Å²) in [7, 11) is 0. The molecule has 1 aromatic rings. The molecule has 0 aliphatic heterocycles. The van der Waals surface area contributed by atoms with E-state index in [-0.39, 0.29) is 5.56 Å². The third-order valence-electron chi connectivity index (χ3n) is 1.77. The maximum atomic E-state index is 10.3. The molecule has 0 atom stereocenters. The van der Waals surface area contributed by atoms with Crippen molar-refractivity contribution in [3.8, 4) is 0 Å². The van der Waals surface area contributed by atoms with Crippen LogP contribution in [0.1, 0.15) is 5.56 Å². The van der Waals surface area contributed by atoms with Crippen molar-refractivity contribution in [2.24, 2.45) is 15.0 Å². The molecule has 110 valence electrons. The van der Waals surface area contributed by atoms with Gasteiger partial charge in [-0.25, -0.2) is 34.8 Å². The fourth-order valence-electron chi connectivity index (χ4n) is 1.12. The third kappa shape index (κ3) is 7.53. The van der Waals surface area contributed by atoms with Gasteiger partial charge in [-0.15, -0.1) is 15.0 Å². The van der Waals surface area contributed by atoms with Gasteiger partial charge in [0, 0.05) is 5.56 Å². The van der Waals surface area contributed by atoms with Crippen molar-refractivity contribution < 1.29 is 24.0 Å².